The summed E-state index contributed by atoms with van der Waals surface area (Å²) in [5, 5.41) is 3.45. The van der Waals surface area contributed by atoms with Crippen molar-refractivity contribution in [2.24, 2.45) is 0 Å². The van der Waals surface area contributed by atoms with E-state index in [9.17, 15) is 4.79 Å². The van der Waals surface area contributed by atoms with Crippen LogP contribution in [0.2, 0.25) is 0 Å². The van der Waals surface area contributed by atoms with Crippen LogP contribution in [0.3, 0.4) is 0 Å². The van der Waals surface area contributed by atoms with Crippen molar-refractivity contribution < 1.29 is 4.79 Å². The number of aromatic nitrogens is 1. The molecule has 0 unspecified atom stereocenters. The first-order valence-electron chi connectivity index (χ1n) is 6.85. The third-order valence-electron chi connectivity index (χ3n) is 3.63. The van der Waals surface area contributed by atoms with Gasteiger partial charge in [-0.05, 0) is 18.8 Å². The van der Waals surface area contributed by atoms with Gasteiger partial charge in [-0.3, -0.25) is 4.79 Å². The third kappa shape index (κ3) is 2.91. The van der Waals surface area contributed by atoms with E-state index in [-0.39, 0.29) is 5.91 Å². The van der Waals surface area contributed by atoms with Gasteiger partial charge in [0.05, 0.1) is 10.7 Å². The first-order valence-corrected chi connectivity index (χ1v) is 7.72. The summed E-state index contributed by atoms with van der Waals surface area (Å²) in [6.07, 6.45) is 2.76. The number of carbonyl (C=O) groups excluding carboxylic acids is 1. The number of carbonyl (C=O) groups is 1. The van der Waals surface area contributed by atoms with Gasteiger partial charge >= 0.3 is 0 Å². The standard InChI is InChI=1S/C14H22N2OS/c1-4-13(17)16-7-5-11(6-8-16)14-15-12(9-18-14)10(2)3/h9-11H,4-8H2,1-3H3. The van der Waals surface area contributed by atoms with E-state index in [1.807, 2.05) is 11.8 Å². The van der Waals surface area contributed by atoms with Crippen LogP contribution in [0, 0.1) is 0 Å². The molecule has 3 nitrogen and oxygen atoms in total. The maximum Gasteiger partial charge on any atom is 0.222 e. The molecule has 100 valence electrons. The monoisotopic (exact) mass is 266 g/mol. The summed E-state index contributed by atoms with van der Waals surface area (Å²) in [6, 6.07) is 0. The molecule has 1 aliphatic heterocycles. The molecule has 1 aromatic rings. The maximum absolute atomic E-state index is 11.6. The summed E-state index contributed by atoms with van der Waals surface area (Å²) in [5.41, 5.74) is 1.21. The zero-order valence-corrected chi connectivity index (χ0v) is 12.3. The quantitative estimate of drug-likeness (QED) is 0.840. The predicted molar refractivity (Wildman–Crippen MR) is 75.0 cm³/mol. The molecule has 0 radical (unpaired) electrons. The van der Waals surface area contributed by atoms with E-state index in [1.54, 1.807) is 11.3 Å². The molecule has 2 heterocycles. The molecule has 0 aromatic carbocycles. The molecule has 1 aliphatic rings. The van der Waals surface area contributed by atoms with E-state index in [0.717, 1.165) is 25.9 Å². The average molecular weight is 266 g/mol. The highest BCUT2D eigenvalue weighted by Gasteiger charge is 2.25. The lowest BCUT2D eigenvalue weighted by atomic mass is 9.97. The summed E-state index contributed by atoms with van der Waals surface area (Å²) in [4.78, 5) is 18.3. The zero-order chi connectivity index (χ0) is 13.1. The van der Waals surface area contributed by atoms with Crippen LogP contribution in [0.1, 0.15) is 62.6 Å². The Morgan fingerprint density at radius 1 is 1.50 bits per heavy atom. The molecular weight excluding hydrogens is 244 g/mol. The zero-order valence-electron chi connectivity index (χ0n) is 11.5. The Balaban J connectivity index is 1.94. The van der Waals surface area contributed by atoms with E-state index >= 15 is 0 Å². The van der Waals surface area contributed by atoms with Crippen LogP contribution in [0.25, 0.3) is 0 Å². The number of piperidine rings is 1. The topological polar surface area (TPSA) is 33.2 Å². The van der Waals surface area contributed by atoms with Crippen molar-refractivity contribution >= 4 is 17.2 Å². The lowest BCUT2D eigenvalue weighted by Crippen LogP contribution is -2.37. The average Bonchev–Trinajstić information content (AvgIpc) is 2.88. The fourth-order valence-corrected chi connectivity index (χ4v) is 3.51. The summed E-state index contributed by atoms with van der Waals surface area (Å²) >= 11 is 1.79. The number of nitrogens with zero attached hydrogens (tertiary/aromatic N) is 2. The van der Waals surface area contributed by atoms with Crippen molar-refractivity contribution in [3.63, 3.8) is 0 Å². The summed E-state index contributed by atoms with van der Waals surface area (Å²) < 4.78 is 0. The minimum atomic E-state index is 0.287. The van der Waals surface area contributed by atoms with Crippen LogP contribution in [0.5, 0.6) is 0 Å². The molecule has 2 rings (SSSR count). The van der Waals surface area contributed by atoms with E-state index in [1.165, 1.54) is 10.7 Å². The molecule has 1 saturated heterocycles. The first-order chi connectivity index (χ1) is 8.61. The minimum Gasteiger partial charge on any atom is -0.343 e. The Labute approximate surface area is 113 Å². The van der Waals surface area contributed by atoms with Gasteiger partial charge in [0.1, 0.15) is 0 Å². The SMILES string of the molecule is CCC(=O)N1CCC(c2nc(C(C)C)cs2)CC1. The minimum absolute atomic E-state index is 0.287. The molecule has 0 N–H and O–H groups in total. The van der Waals surface area contributed by atoms with E-state index in [2.05, 4.69) is 19.2 Å². The van der Waals surface area contributed by atoms with Gasteiger partial charge in [0.15, 0.2) is 0 Å². The van der Waals surface area contributed by atoms with Gasteiger partial charge < -0.3 is 4.90 Å². The molecule has 0 saturated carbocycles. The van der Waals surface area contributed by atoms with Crippen LogP contribution in [0.4, 0.5) is 0 Å². The van der Waals surface area contributed by atoms with Gasteiger partial charge in [0.25, 0.3) is 0 Å². The Hall–Kier alpha value is -0.900. The lowest BCUT2D eigenvalue weighted by molar-refractivity contribution is -0.131. The second-order valence-corrected chi connectivity index (χ2v) is 6.16. The third-order valence-corrected chi connectivity index (χ3v) is 4.66. The fraction of sp³-hybridized carbons (Fsp3) is 0.714. The number of thiazole rings is 1. The molecule has 18 heavy (non-hydrogen) atoms. The van der Waals surface area contributed by atoms with E-state index < -0.39 is 0 Å². The number of amides is 1. The Kier molecular flexibility index (Phi) is 4.38. The van der Waals surface area contributed by atoms with Crippen LogP contribution in [0.15, 0.2) is 5.38 Å². The van der Waals surface area contributed by atoms with Gasteiger partial charge in [-0.15, -0.1) is 11.3 Å². The van der Waals surface area contributed by atoms with E-state index in [4.69, 9.17) is 4.98 Å². The Morgan fingerprint density at radius 3 is 2.67 bits per heavy atom. The van der Waals surface area contributed by atoms with Crippen molar-refractivity contribution in [2.75, 3.05) is 13.1 Å². The highest BCUT2D eigenvalue weighted by Crippen LogP contribution is 2.31. The molecule has 1 aromatic heterocycles. The summed E-state index contributed by atoms with van der Waals surface area (Å²) in [7, 11) is 0. The fourth-order valence-electron chi connectivity index (χ4n) is 2.35. The number of hydrogen-bond donors (Lipinski definition) is 0. The van der Waals surface area contributed by atoms with Gasteiger partial charge in [-0.2, -0.15) is 0 Å². The molecular formula is C14H22N2OS. The van der Waals surface area contributed by atoms with Gasteiger partial charge in [0, 0.05) is 30.8 Å². The number of hydrogen-bond acceptors (Lipinski definition) is 3. The molecule has 1 amide bonds. The van der Waals surface area contributed by atoms with Crippen molar-refractivity contribution in [3.8, 4) is 0 Å². The van der Waals surface area contributed by atoms with Crippen LogP contribution >= 0.6 is 11.3 Å². The van der Waals surface area contributed by atoms with Crippen LogP contribution < -0.4 is 0 Å². The summed E-state index contributed by atoms with van der Waals surface area (Å²) in [5.74, 6) is 1.36. The molecule has 0 atom stereocenters. The molecule has 4 heteroatoms. The number of likely N-dealkylation sites (tertiary alicyclic amines) is 1. The van der Waals surface area contributed by atoms with Crippen LogP contribution in [-0.2, 0) is 4.79 Å². The summed E-state index contributed by atoms with van der Waals surface area (Å²) in [6.45, 7) is 8.09. The maximum atomic E-state index is 11.6. The second kappa shape index (κ2) is 5.83. The van der Waals surface area contributed by atoms with Gasteiger partial charge in [-0.1, -0.05) is 20.8 Å². The van der Waals surface area contributed by atoms with Gasteiger partial charge in [0.2, 0.25) is 5.91 Å². The van der Waals surface area contributed by atoms with Crippen LogP contribution in [-0.4, -0.2) is 28.9 Å². The van der Waals surface area contributed by atoms with E-state index in [0.29, 0.717) is 18.3 Å². The molecule has 1 fully saturated rings. The largest absolute Gasteiger partial charge is 0.343 e. The highest BCUT2D eigenvalue weighted by molar-refractivity contribution is 7.09. The Morgan fingerprint density at radius 2 is 2.17 bits per heavy atom. The van der Waals surface area contributed by atoms with Crippen molar-refractivity contribution in [2.45, 2.75) is 51.9 Å². The molecule has 0 bridgehead atoms. The normalized spacial score (nSPS) is 17.4. The first kappa shape index (κ1) is 13.5. The predicted octanol–water partition coefficient (Wildman–Crippen LogP) is 3.38. The molecule has 0 spiro atoms. The second-order valence-electron chi connectivity index (χ2n) is 5.27. The van der Waals surface area contributed by atoms with Crippen molar-refractivity contribution in [1.29, 1.82) is 0 Å². The lowest BCUT2D eigenvalue weighted by Gasteiger charge is -2.30. The smallest absolute Gasteiger partial charge is 0.222 e. The Bertz CT molecular complexity index is 406. The van der Waals surface area contributed by atoms with Gasteiger partial charge in [-0.25, -0.2) is 4.98 Å². The highest BCUT2D eigenvalue weighted by atomic mass is 32.1. The van der Waals surface area contributed by atoms with Crippen molar-refractivity contribution in [1.82, 2.24) is 9.88 Å². The van der Waals surface area contributed by atoms with Crippen molar-refractivity contribution in [3.05, 3.63) is 16.1 Å². The number of rotatable bonds is 3. The molecule has 0 aliphatic carbocycles.